The molecule has 1 unspecified atom stereocenters. The Morgan fingerprint density at radius 2 is 2.10 bits per heavy atom. The van der Waals surface area contributed by atoms with Gasteiger partial charge in [0.05, 0.1) is 13.0 Å². The van der Waals surface area contributed by atoms with E-state index in [0.717, 1.165) is 17.7 Å². The number of aryl methyl sites for hydroxylation is 2. The van der Waals surface area contributed by atoms with Gasteiger partial charge in [-0.3, -0.25) is 4.79 Å². The van der Waals surface area contributed by atoms with Crippen molar-refractivity contribution in [2.24, 2.45) is 0 Å². The lowest BCUT2D eigenvalue weighted by Crippen LogP contribution is -2.40. The first-order valence-corrected chi connectivity index (χ1v) is 7.21. The van der Waals surface area contributed by atoms with Crippen molar-refractivity contribution in [2.45, 2.75) is 39.2 Å². The maximum Gasteiger partial charge on any atom is 0.326 e. The number of aliphatic carboxylic acids is 1. The Balaban J connectivity index is 1.84. The Morgan fingerprint density at radius 1 is 1.33 bits per heavy atom. The van der Waals surface area contributed by atoms with E-state index in [4.69, 9.17) is 9.84 Å². The molecule has 1 aromatic carbocycles. The quantitative estimate of drug-likeness (QED) is 0.902. The molecule has 1 aliphatic rings. The Bertz CT molecular complexity index is 541. The number of rotatable bonds is 5. The molecule has 0 bridgehead atoms. The zero-order valence-electron chi connectivity index (χ0n) is 12.5. The molecule has 0 aliphatic carbocycles. The lowest BCUT2D eigenvalue weighted by molar-refractivity contribution is -0.148. The molecule has 1 heterocycles. The number of carbonyl (C=O) groups is 2. The van der Waals surface area contributed by atoms with E-state index in [9.17, 15) is 9.59 Å². The summed E-state index contributed by atoms with van der Waals surface area (Å²) in [6.07, 6.45) is 1.50. The highest BCUT2D eigenvalue weighted by atomic mass is 16.5. The fraction of sp³-hybridized carbons (Fsp3) is 0.500. The Morgan fingerprint density at radius 3 is 2.76 bits per heavy atom. The third-order valence-corrected chi connectivity index (χ3v) is 3.92. The molecular weight excluding hydrogens is 270 g/mol. The van der Waals surface area contributed by atoms with Crippen molar-refractivity contribution in [1.82, 2.24) is 4.90 Å². The number of carboxylic acid groups (broad SMARTS) is 1. The maximum atomic E-state index is 12.1. The van der Waals surface area contributed by atoms with Gasteiger partial charge in [0.15, 0.2) is 0 Å². The monoisotopic (exact) mass is 291 g/mol. The fourth-order valence-electron chi connectivity index (χ4n) is 2.53. The highest BCUT2D eigenvalue weighted by Crippen LogP contribution is 2.19. The number of likely N-dealkylation sites (tertiary alicyclic amines) is 1. The third-order valence-electron chi connectivity index (χ3n) is 3.92. The van der Waals surface area contributed by atoms with E-state index in [0.29, 0.717) is 13.0 Å². The van der Waals surface area contributed by atoms with E-state index in [1.54, 1.807) is 0 Å². The van der Waals surface area contributed by atoms with E-state index in [-0.39, 0.29) is 18.9 Å². The fourth-order valence-corrected chi connectivity index (χ4v) is 2.53. The molecule has 5 heteroatoms. The van der Waals surface area contributed by atoms with Crippen LogP contribution in [0.3, 0.4) is 0 Å². The number of nitrogens with zero attached hydrogens (tertiary/aromatic N) is 1. The molecule has 1 aliphatic heterocycles. The number of hydrogen-bond acceptors (Lipinski definition) is 3. The highest BCUT2D eigenvalue weighted by Gasteiger charge is 2.33. The van der Waals surface area contributed by atoms with Crippen LogP contribution in [-0.2, 0) is 9.59 Å². The van der Waals surface area contributed by atoms with Gasteiger partial charge in [-0.25, -0.2) is 4.79 Å². The molecule has 1 atom stereocenters. The molecule has 1 aromatic rings. The Kier molecular flexibility index (Phi) is 4.83. The average Bonchev–Trinajstić information content (AvgIpc) is 2.92. The van der Waals surface area contributed by atoms with Gasteiger partial charge in [0.2, 0.25) is 5.91 Å². The van der Waals surface area contributed by atoms with Crippen LogP contribution in [0.4, 0.5) is 0 Å². The molecule has 5 nitrogen and oxygen atoms in total. The first kappa shape index (κ1) is 15.4. The zero-order valence-corrected chi connectivity index (χ0v) is 12.5. The minimum absolute atomic E-state index is 0.149. The van der Waals surface area contributed by atoms with Crippen LogP contribution in [-0.4, -0.2) is 41.1 Å². The lowest BCUT2D eigenvalue weighted by atomic mass is 10.1. The summed E-state index contributed by atoms with van der Waals surface area (Å²) in [5.41, 5.74) is 2.34. The van der Waals surface area contributed by atoms with Crippen LogP contribution in [0, 0.1) is 13.8 Å². The van der Waals surface area contributed by atoms with Gasteiger partial charge in [-0.2, -0.15) is 0 Å². The summed E-state index contributed by atoms with van der Waals surface area (Å²) < 4.78 is 5.57. The molecule has 0 radical (unpaired) electrons. The second-order valence-corrected chi connectivity index (χ2v) is 5.43. The minimum Gasteiger partial charge on any atom is -0.493 e. The second-order valence-electron chi connectivity index (χ2n) is 5.43. The molecule has 1 amide bonds. The summed E-state index contributed by atoms with van der Waals surface area (Å²) in [5.74, 6) is -0.332. The van der Waals surface area contributed by atoms with Gasteiger partial charge in [-0.1, -0.05) is 6.07 Å². The summed E-state index contributed by atoms with van der Waals surface area (Å²) in [6, 6.07) is 5.13. The predicted molar refractivity (Wildman–Crippen MR) is 78.4 cm³/mol. The molecule has 0 saturated carbocycles. The normalized spacial score (nSPS) is 17.8. The van der Waals surface area contributed by atoms with Crippen molar-refractivity contribution >= 4 is 11.9 Å². The second kappa shape index (κ2) is 6.61. The third kappa shape index (κ3) is 3.74. The maximum absolute atomic E-state index is 12.1. The van der Waals surface area contributed by atoms with Crippen LogP contribution in [0.15, 0.2) is 18.2 Å². The first-order chi connectivity index (χ1) is 9.99. The average molecular weight is 291 g/mol. The van der Waals surface area contributed by atoms with Crippen LogP contribution in [0.25, 0.3) is 0 Å². The van der Waals surface area contributed by atoms with Crippen LogP contribution in [0.1, 0.15) is 30.4 Å². The van der Waals surface area contributed by atoms with E-state index < -0.39 is 12.0 Å². The standard InChI is InChI=1S/C16H21NO4/c1-11-5-6-13(10-12(11)2)21-9-7-15(18)17-8-3-4-14(17)16(19)20/h5-6,10,14H,3-4,7-9H2,1-2H3,(H,19,20). The van der Waals surface area contributed by atoms with Crippen molar-refractivity contribution in [2.75, 3.05) is 13.2 Å². The van der Waals surface area contributed by atoms with E-state index >= 15 is 0 Å². The van der Waals surface area contributed by atoms with Gasteiger partial charge in [0, 0.05) is 6.54 Å². The van der Waals surface area contributed by atoms with Gasteiger partial charge in [-0.15, -0.1) is 0 Å². The van der Waals surface area contributed by atoms with Crippen LogP contribution in [0.5, 0.6) is 5.75 Å². The molecule has 1 saturated heterocycles. The van der Waals surface area contributed by atoms with Gasteiger partial charge >= 0.3 is 5.97 Å². The largest absolute Gasteiger partial charge is 0.493 e. The Hall–Kier alpha value is -2.04. The van der Waals surface area contributed by atoms with Gasteiger partial charge in [0.1, 0.15) is 11.8 Å². The summed E-state index contributed by atoms with van der Waals surface area (Å²) in [4.78, 5) is 24.6. The van der Waals surface area contributed by atoms with Gasteiger partial charge in [-0.05, 0) is 49.9 Å². The molecule has 21 heavy (non-hydrogen) atoms. The molecule has 114 valence electrons. The Labute approximate surface area is 124 Å². The van der Waals surface area contributed by atoms with Crippen molar-refractivity contribution in [3.05, 3.63) is 29.3 Å². The van der Waals surface area contributed by atoms with Crippen molar-refractivity contribution in [3.8, 4) is 5.75 Å². The highest BCUT2D eigenvalue weighted by molar-refractivity contribution is 5.84. The number of carbonyl (C=O) groups excluding carboxylic acids is 1. The smallest absolute Gasteiger partial charge is 0.326 e. The number of ether oxygens (including phenoxy) is 1. The van der Waals surface area contributed by atoms with Crippen LogP contribution >= 0.6 is 0 Å². The molecule has 0 aromatic heterocycles. The minimum atomic E-state index is -0.920. The zero-order chi connectivity index (χ0) is 15.4. The van der Waals surface area contributed by atoms with Crippen LogP contribution in [0.2, 0.25) is 0 Å². The number of benzene rings is 1. The van der Waals surface area contributed by atoms with Crippen molar-refractivity contribution in [3.63, 3.8) is 0 Å². The number of carboxylic acids is 1. The van der Waals surface area contributed by atoms with Crippen LogP contribution < -0.4 is 4.74 Å². The molecular formula is C16H21NO4. The SMILES string of the molecule is Cc1ccc(OCCC(=O)N2CCCC2C(=O)O)cc1C. The lowest BCUT2D eigenvalue weighted by Gasteiger charge is -2.21. The number of hydrogen-bond donors (Lipinski definition) is 1. The molecule has 1 N–H and O–H groups in total. The first-order valence-electron chi connectivity index (χ1n) is 7.21. The summed E-state index contributed by atoms with van der Waals surface area (Å²) in [7, 11) is 0. The van der Waals surface area contributed by atoms with Crippen molar-refractivity contribution in [1.29, 1.82) is 0 Å². The summed E-state index contributed by atoms with van der Waals surface area (Å²) in [5, 5.41) is 9.07. The van der Waals surface area contributed by atoms with E-state index in [2.05, 4.69) is 0 Å². The summed E-state index contributed by atoms with van der Waals surface area (Å²) >= 11 is 0. The summed E-state index contributed by atoms with van der Waals surface area (Å²) in [6.45, 7) is 4.83. The van der Waals surface area contributed by atoms with Gasteiger partial charge in [0.25, 0.3) is 0 Å². The molecule has 1 fully saturated rings. The molecule has 2 rings (SSSR count). The molecule has 0 spiro atoms. The topological polar surface area (TPSA) is 66.8 Å². The predicted octanol–water partition coefficient (Wildman–Crippen LogP) is 2.15. The van der Waals surface area contributed by atoms with E-state index in [1.807, 2.05) is 32.0 Å². The number of amides is 1. The van der Waals surface area contributed by atoms with Crippen molar-refractivity contribution < 1.29 is 19.4 Å². The van der Waals surface area contributed by atoms with Gasteiger partial charge < -0.3 is 14.7 Å². The van der Waals surface area contributed by atoms with E-state index in [1.165, 1.54) is 10.5 Å².